The average molecular weight is 665 g/mol. The molecule has 2 heteroatoms. The molecule has 2 aromatic heterocycles. The van der Waals surface area contributed by atoms with Crippen LogP contribution in [0.4, 0.5) is 0 Å². The highest BCUT2D eigenvalue weighted by Gasteiger charge is 2.52. The molecule has 0 radical (unpaired) electrons. The first kappa shape index (κ1) is 27.6. The number of fused-ring (bicyclic) bond motifs is 17. The number of hydrogen-bond acceptors (Lipinski definition) is 2. The number of hydrogen-bond donors (Lipinski definition) is 0. The number of furan rings is 1. The van der Waals surface area contributed by atoms with Gasteiger partial charge in [0.25, 0.3) is 0 Å². The lowest BCUT2D eigenvalue weighted by molar-refractivity contribution is 0.669. The minimum atomic E-state index is -0.467. The fourth-order valence-corrected chi connectivity index (χ4v) is 10.7. The maximum Gasteiger partial charge on any atom is 0.136 e. The van der Waals surface area contributed by atoms with E-state index in [2.05, 4.69) is 164 Å². The van der Waals surface area contributed by atoms with Gasteiger partial charge in [-0.05, 0) is 97.6 Å². The lowest BCUT2D eigenvalue weighted by Crippen LogP contribution is -2.26. The van der Waals surface area contributed by atoms with Crippen LogP contribution in [0, 0.1) is 0 Å². The van der Waals surface area contributed by atoms with Crippen molar-refractivity contribution < 1.29 is 4.42 Å². The number of para-hydroxylation sites is 1. The van der Waals surface area contributed by atoms with Gasteiger partial charge in [0.15, 0.2) is 0 Å². The zero-order chi connectivity index (χ0) is 33.3. The van der Waals surface area contributed by atoms with E-state index in [-0.39, 0.29) is 0 Å². The first-order valence-corrected chi connectivity index (χ1v) is 18.4. The van der Waals surface area contributed by atoms with Crippen molar-refractivity contribution >= 4 is 53.4 Å². The molecular formula is C49H28OS. The summed E-state index contributed by atoms with van der Waals surface area (Å²) in [5.74, 6) is 0. The van der Waals surface area contributed by atoms with Gasteiger partial charge in [0.1, 0.15) is 11.2 Å². The van der Waals surface area contributed by atoms with Gasteiger partial charge in [0.2, 0.25) is 0 Å². The summed E-state index contributed by atoms with van der Waals surface area (Å²) in [7, 11) is 0. The monoisotopic (exact) mass is 664 g/mol. The minimum absolute atomic E-state index is 0.467. The second-order valence-corrected chi connectivity index (χ2v) is 15.0. The summed E-state index contributed by atoms with van der Waals surface area (Å²) in [6.07, 6.45) is 0. The van der Waals surface area contributed by atoms with E-state index in [9.17, 15) is 0 Å². The van der Waals surface area contributed by atoms with Crippen LogP contribution in [-0.4, -0.2) is 0 Å². The van der Waals surface area contributed by atoms with Crippen LogP contribution in [0.15, 0.2) is 174 Å². The Morgan fingerprint density at radius 3 is 1.86 bits per heavy atom. The SMILES string of the molecule is c1ccc(-c2cc3c(c4sc5ccccc5c24)-c2ccc(-c4ccc5c(c4)oc4ccccc45)cc2C32c3ccccc3-c3ccccc32)cc1. The quantitative estimate of drug-likeness (QED) is 0.179. The molecule has 0 fully saturated rings. The van der Waals surface area contributed by atoms with Gasteiger partial charge in [0, 0.05) is 36.5 Å². The van der Waals surface area contributed by atoms with Crippen molar-refractivity contribution in [2.75, 3.05) is 0 Å². The van der Waals surface area contributed by atoms with Crippen LogP contribution in [0.1, 0.15) is 22.3 Å². The van der Waals surface area contributed by atoms with E-state index in [1.54, 1.807) is 0 Å². The minimum Gasteiger partial charge on any atom is -0.456 e. The highest BCUT2D eigenvalue weighted by molar-refractivity contribution is 7.26. The van der Waals surface area contributed by atoms with Crippen molar-refractivity contribution in [3.05, 3.63) is 192 Å². The molecule has 10 aromatic rings. The van der Waals surface area contributed by atoms with E-state index in [4.69, 9.17) is 4.42 Å². The number of thiophene rings is 1. The zero-order valence-corrected chi connectivity index (χ0v) is 28.3. The van der Waals surface area contributed by atoms with Crippen LogP contribution in [0.25, 0.3) is 86.6 Å². The van der Waals surface area contributed by atoms with Gasteiger partial charge >= 0.3 is 0 Å². The normalized spacial score (nSPS) is 13.6. The van der Waals surface area contributed by atoms with Gasteiger partial charge in [-0.15, -0.1) is 11.3 Å². The summed E-state index contributed by atoms with van der Waals surface area (Å²) < 4.78 is 9.07. The van der Waals surface area contributed by atoms with Crippen LogP contribution in [0.3, 0.4) is 0 Å². The molecule has 0 amide bonds. The Hall–Kier alpha value is -6.22. The summed E-state index contributed by atoms with van der Waals surface area (Å²) >= 11 is 1.94. The lowest BCUT2D eigenvalue weighted by atomic mass is 9.69. The maximum absolute atomic E-state index is 6.38. The van der Waals surface area contributed by atoms with Crippen molar-refractivity contribution in [3.8, 4) is 44.5 Å². The highest BCUT2D eigenvalue weighted by atomic mass is 32.1. The Kier molecular flexibility index (Phi) is 5.38. The van der Waals surface area contributed by atoms with E-state index < -0.39 is 5.41 Å². The summed E-state index contributed by atoms with van der Waals surface area (Å²) in [4.78, 5) is 0. The number of rotatable bonds is 2. The molecule has 51 heavy (non-hydrogen) atoms. The molecule has 236 valence electrons. The molecule has 1 nitrogen and oxygen atoms in total. The molecule has 0 aliphatic heterocycles. The Bertz CT molecular complexity index is 3040. The van der Waals surface area contributed by atoms with E-state index >= 15 is 0 Å². The molecule has 0 saturated heterocycles. The first-order chi connectivity index (χ1) is 25.3. The van der Waals surface area contributed by atoms with E-state index in [0.717, 1.165) is 27.5 Å². The van der Waals surface area contributed by atoms with E-state index in [1.807, 2.05) is 17.4 Å². The Labute approximate surface area is 298 Å². The predicted molar refractivity (Wildman–Crippen MR) is 214 cm³/mol. The number of benzene rings is 8. The summed E-state index contributed by atoms with van der Waals surface area (Å²) in [5.41, 5.74) is 17.0. The van der Waals surface area contributed by atoms with Crippen LogP contribution in [-0.2, 0) is 5.41 Å². The van der Waals surface area contributed by atoms with Crippen molar-refractivity contribution in [1.29, 1.82) is 0 Å². The van der Waals surface area contributed by atoms with Gasteiger partial charge in [0.05, 0.1) is 5.41 Å². The smallest absolute Gasteiger partial charge is 0.136 e. The van der Waals surface area contributed by atoms with Crippen molar-refractivity contribution in [2.24, 2.45) is 0 Å². The fraction of sp³-hybridized carbons (Fsp3) is 0.0204. The predicted octanol–water partition coefficient (Wildman–Crippen LogP) is 13.6. The van der Waals surface area contributed by atoms with Gasteiger partial charge in [-0.2, -0.15) is 0 Å². The molecule has 0 N–H and O–H groups in total. The summed E-state index contributed by atoms with van der Waals surface area (Å²) in [5, 5.41) is 4.98. The molecule has 2 aliphatic rings. The molecule has 12 rings (SSSR count). The summed E-state index contributed by atoms with van der Waals surface area (Å²) in [6.45, 7) is 0. The Morgan fingerprint density at radius 2 is 1.04 bits per heavy atom. The highest BCUT2D eigenvalue weighted by Crippen LogP contribution is 2.65. The first-order valence-electron chi connectivity index (χ1n) is 17.6. The van der Waals surface area contributed by atoms with Gasteiger partial charge in [-0.1, -0.05) is 133 Å². The third-order valence-corrected chi connectivity index (χ3v) is 12.7. The summed E-state index contributed by atoms with van der Waals surface area (Å²) in [6, 6.07) is 62.9. The van der Waals surface area contributed by atoms with Crippen molar-refractivity contribution in [2.45, 2.75) is 5.41 Å². The molecular weight excluding hydrogens is 637 g/mol. The fourth-order valence-electron chi connectivity index (χ4n) is 9.43. The Balaban J connectivity index is 1.22. The lowest BCUT2D eigenvalue weighted by Gasteiger charge is -2.31. The van der Waals surface area contributed by atoms with Crippen molar-refractivity contribution in [1.82, 2.24) is 0 Å². The van der Waals surface area contributed by atoms with Crippen molar-refractivity contribution in [3.63, 3.8) is 0 Å². The molecule has 8 aromatic carbocycles. The third kappa shape index (κ3) is 3.50. The van der Waals surface area contributed by atoms with Crippen LogP contribution in [0.2, 0.25) is 0 Å². The topological polar surface area (TPSA) is 13.1 Å². The zero-order valence-electron chi connectivity index (χ0n) is 27.5. The van der Waals surface area contributed by atoms with E-state index in [0.29, 0.717) is 0 Å². The molecule has 0 saturated carbocycles. The second-order valence-electron chi connectivity index (χ2n) is 13.9. The largest absolute Gasteiger partial charge is 0.456 e. The van der Waals surface area contributed by atoms with Crippen LogP contribution < -0.4 is 0 Å². The van der Waals surface area contributed by atoms with Gasteiger partial charge in [-0.3, -0.25) is 0 Å². The van der Waals surface area contributed by atoms with Gasteiger partial charge < -0.3 is 4.42 Å². The molecule has 2 heterocycles. The van der Waals surface area contributed by atoms with Crippen LogP contribution >= 0.6 is 11.3 Å². The van der Waals surface area contributed by atoms with Crippen LogP contribution in [0.5, 0.6) is 0 Å². The molecule has 0 bridgehead atoms. The second kappa shape index (κ2) is 9.94. The molecule has 2 aliphatic carbocycles. The Morgan fingerprint density at radius 1 is 0.392 bits per heavy atom. The molecule has 1 spiro atoms. The third-order valence-electron chi connectivity index (χ3n) is 11.5. The van der Waals surface area contributed by atoms with Gasteiger partial charge in [-0.25, -0.2) is 0 Å². The van der Waals surface area contributed by atoms with E-state index in [1.165, 1.54) is 81.4 Å². The average Bonchev–Trinajstić information content (AvgIpc) is 3.92. The standard InChI is InChI=1S/C49H28OS/c1-2-12-29(13-3-1)38-28-42-47(48-46(38)37-17-7-11-21-45(37)51-48)36-25-23-30(31-22-24-35-34-16-6-10-20-43(34)50-44(35)27-31)26-41(36)49(42)39-18-8-4-14-32(39)33-15-5-9-19-40(33)49/h1-28H. The molecule has 0 atom stereocenters. The molecule has 0 unspecified atom stereocenters. The maximum atomic E-state index is 6.38.